The van der Waals surface area contributed by atoms with Crippen molar-refractivity contribution >= 4 is 22.7 Å². The molecule has 1 fully saturated rings. The average Bonchev–Trinajstić information content (AvgIpc) is 3.18. The molecule has 0 radical (unpaired) electrons. The number of halogens is 1. The Kier molecular flexibility index (Phi) is 5.83. The lowest BCUT2D eigenvalue weighted by Crippen LogP contribution is -2.25. The Morgan fingerprint density at radius 3 is 2.91 bits per heavy atom. The maximum Gasteiger partial charge on any atom is 0.311 e. The van der Waals surface area contributed by atoms with Crippen LogP contribution in [0.2, 0.25) is 0 Å². The number of imidazole rings is 1. The molecule has 2 aliphatic heterocycles. The quantitative estimate of drug-likeness (QED) is 0.571. The highest BCUT2D eigenvalue weighted by Crippen LogP contribution is 2.36. The minimum absolute atomic E-state index is 0.108. The second-order valence-electron chi connectivity index (χ2n) is 9.42. The Morgan fingerprint density at radius 1 is 1.33 bits per heavy atom. The number of carboxylic acid groups (broad SMARTS) is 1. The van der Waals surface area contributed by atoms with Gasteiger partial charge in [-0.2, -0.15) is 0 Å². The van der Waals surface area contributed by atoms with Gasteiger partial charge >= 0.3 is 5.97 Å². The van der Waals surface area contributed by atoms with Gasteiger partial charge in [0, 0.05) is 30.3 Å². The number of rotatable bonds is 5. The van der Waals surface area contributed by atoms with Crippen molar-refractivity contribution in [3.05, 3.63) is 58.7 Å². The van der Waals surface area contributed by atoms with Gasteiger partial charge in [-0.15, -0.1) is 0 Å². The first kappa shape index (κ1) is 21.9. The van der Waals surface area contributed by atoms with Gasteiger partial charge in [-0.05, 0) is 68.9 Å². The fraction of sp³-hybridized carbons (Fsp3) is 0.462. The molecule has 33 heavy (non-hydrogen) atoms. The molecule has 7 heteroatoms. The van der Waals surface area contributed by atoms with Gasteiger partial charge in [-0.1, -0.05) is 12.1 Å². The summed E-state index contributed by atoms with van der Waals surface area (Å²) in [7, 11) is 0. The van der Waals surface area contributed by atoms with Crippen LogP contribution in [0.25, 0.3) is 11.0 Å². The third-order valence-electron chi connectivity index (χ3n) is 7.05. The third kappa shape index (κ3) is 4.10. The number of aromatic nitrogens is 2. The lowest BCUT2D eigenvalue weighted by atomic mass is 9.94. The van der Waals surface area contributed by atoms with Crippen LogP contribution < -0.4 is 5.32 Å². The Bertz CT molecular complexity index is 1200. The van der Waals surface area contributed by atoms with Crippen molar-refractivity contribution in [3.8, 4) is 0 Å². The van der Waals surface area contributed by atoms with Crippen LogP contribution in [-0.4, -0.2) is 39.9 Å². The standard InChI is InChI=1S/C26H30FN3O3/c1-15-5-7-17(12-21(15)27)20(26(31)32)13-24-29-25-19-8-6-16(2)28-22(19)9-10-23(25)30(24)18-4-3-11-33-14-18/h5,7,9-10,12,16,18,20,28H,3-4,6,8,11,13-14H2,1-2H3,(H,31,32). The monoisotopic (exact) mass is 451 g/mol. The van der Waals surface area contributed by atoms with Crippen LogP contribution in [0.3, 0.4) is 0 Å². The zero-order chi connectivity index (χ0) is 23.1. The summed E-state index contributed by atoms with van der Waals surface area (Å²) in [6.45, 7) is 5.18. The molecule has 1 saturated heterocycles. The number of hydrogen-bond acceptors (Lipinski definition) is 4. The van der Waals surface area contributed by atoms with E-state index in [0.717, 1.165) is 54.8 Å². The van der Waals surface area contributed by atoms with Gasteiger partial charge in [0.05, 0.1) is 29.6 Å². The molecule has 3 unspecified atom stereocenters. The molecular weight excluding hydrogens is 421 g/mol. The minimum atomic E-state index is -0.978. The van der Waals surface area contributed by atoms with Crippen molar-refractivity contribution in [1.82, 2.24) is 9.55 Å². The van der Waals surface area contributed by atoms with Gasteiger partial charge in [0.15, 0.2) is 0 Å². The molecule has 0 amide bonds. The number of benzene rings is 2. The number of carbonyl (C=O) groups is 1. The predicted octanol–water partition coefficient (Wildman–Crippen LogP) is 4.99. The summed E-state index contributed by atoms with van der Waals surface area (Å²) in [6, 6.07) is 9.42. The summed E-state index contributed by atoms with van der Waals surface area (Å²) < 4.78 is 22.2. The van der Waals surface area contributed by atoms with Crippen LogP contribution >= 0.6 is 0 Å². The highest BCUT2D eigenvalue weighted by molar-refractivity contribution is 5.86. The summed E-state index contributed by atoms with van der Waals surface area (Å²) >= 11 is 0. The number of hydrogen-bond donors (Lipinski definition) is 2. The molecule has 0 aliphatic carbocycles. The molecule has 2 N–H and O–H groups in total. The normalized spacial score (nSPS) is 21.4. The molecule has 0 spiro atoms. The highest BCUT2D eigenvalue weighted by atomic mass is 19.1. The Hall–Kier alpha value is -2.93. The van der Waals surface area contributed by atoms with Crippen LogP contribution in [0, 0.1) is 12.7 Å². The summed E-state index contributed by atoms with van der Waals surface area (Å²) in [6.07, 6.45) is 4.08. The van der Waals surface area contributed by atoms with Gasteiger partial charge in [-0.25, -0.2) is 9.37 Å². The average molecular weight is 452 g/mol. The molecule has 5 rings (SSSR count). The molecule has 174 valence electrons. The molecule has 1 aromatic heterocycles. The van der Waals surface area contributed by atoms with Crippen molar-refractivity contribution in [1.29, 1.82) is 0 Å². The number of aryl methyl sites for hydroxylation is 2. The molecule has 2 aromatic carbocycles. The lowest BCUT2D eigenvalue weighted by molar-refractivity contribution is -0.138. The second-order valence-corrected chi connectivity index (χ2v) is 9.42. The van der Waals surface area contributed by atoms with Gasteiger partial charge in [0.2, 0.25) is 0 Å². The van der Waals surface area contributed by atoms with Crippen molar-refractivity contribution in [2.24, 2.45) is 0 Å². The van der Waals surface area contributed by atoms with Gasteiger partial charge in [-0.3, -0.25) is 4.79 Å². The summed E-state index contributed by atoms with van der Waals surface area (Å²) in [5.41, 5.74) is 5.22. The molecule has 6 nitrogen and oxygen atoms in total. The van der Waals surface area contributed by atoms with E-state index in [-0.39, 0.29) is 18.3 Å². The van der Waals surface area contributed by atoms with Crippen LogP contribution in [-0.2, 0) is 22.4 Å². The zero-order valence-corrected chi connectivity index (χ0v) is 19.1. The smallest absolute Gasteiger partial charge is 0.311 e. The number of carboxylic acids is 1. The summed E-state index contributed by atoms with van der Waals surface area (Å²) in [5.74, 6) is -1.52. The van der Waals surface area contributed by atoms with E-state index < -0.39 is 11.9 Å². The van der Waals surface area contributed by atoms with Gasteiger partial charge in [0.25, 0.3) is 0 Å². The van der Waals surface area contributed by atoms with E-state index in [2.05, 4.69) is 28.9 Å². The van der Waals surface area contributed by atoms with Crippen molar-refractivity contribution in [3.63, 3.8) is 0 Å². The lowest BCUT2D eigenvalue weighted by Gasteiger charge is -2.27. The van der Waals surface area contributed by atoms with Crippen molar-refractivity contribution in [2.45, 2.75) is 64.0 Å². The molecule has 0 saturated carbocycles. The molecule has 3 aromatic rings. The first-order valence-electron chi connectivity index (χ1n) is 11.8. The minimum Gasteiger partial charge on any atom is -0.481 e. The van der Waals surface area contributed by atoms with Crippen LogP contribution in [0.15, 0.2) is 30.3 Å². The fourth-order valence-electron chi connectivity index (χ4n) is 5.19. The van der Waals surface area contributed by atoms with E-state index in [4.69, 9.17) is 9.72 Å². The fourth-order valence-corrected chi connectivity index (χ4v) is 5.19. The number of nitrogens with zero attached hydrogens (tertiary/aromatic N) is 2. The second kappa shape index (κ2) is 8.78. The van der Waals surface area contributed by atoms with E-state index in [1.165, 1.54) is 11.6 Å². The van der Waals surface area contributed by atoms with Gasteiger partial charge in [0.1, 0.15) is 11.6 Å². The molecule has 2 aliphatic rings. The first-order valence-corrected chi connectivity index (χ1v) is 11.8. The Morgan fingerprint density at radius 2 is 2.18 bits per heavy atom. The van der Waals surface area contributed by atoms with Crippen molar-refractivity contribution in [2.75, 3.05) is 18.5 Å². The van der Waals surface area contributed by atoms with E-state index >= 15 is 0 Å². The summed E-state index contributed by atoms with van der Waals surface area (Å²) in [4.78, 5) is 17.3. The third-order valence-corrected chi connectivity index (χ3v) is 7.05. The number of anilines is 1. The Labute approximate surface area is 192 Å². The molecule has 3 atom stereocenters. The van der Waals surface area contributed by atoms with E-state index in [9.17, 15) is 14.3 Å². The number of ether oxygens (including phenoxy) is 1. The molecular formula is C26H30FN3O3. The van der Waals surface area contributed by atoms with Crippen molar-refractivity contribution < 1.29 is 19.0 Å². The maximum atomic E-state index is 14.3. The predicted molar refractivity (Wildman–Crippen MR) is 125 cm³/mol. The first-order chi connectivity index (χ1) is 15.9. The number of fused-ring (bicyclic) bond motifs is 3. The zero-order valence-electron chi connectivity index (χ0n) is 19.1. The van der Waals surface area contributed by atoms with Crippen LogP contribution in [0.4, 0.5) is 10.1 Å². The molecule has 3 heterocycles. The molecule has 0 bridgehead atoms. The highest BCUT2D eigenvalue weighted by Gasteiger charge is 2.29. The SMILES string of the molecule is Cc1ccc(C(Cc2nc3c4c(ccc3n2C2CCCOC2)NC(C)CC4)C(=O)O)cc1F. The van der Waals surface area contributed by atoms with Crippen LogP contribution in [0.5, 0.6) is 0 Å². The van der Waals surface area contributed by atoms with E-state index in [0.29, 0.717) is 23.8 Å². The number of aliphatic carboxylic acids is 1. The van der Waals surface area contributed by atoms with E-state index in [1.807, 2.05) is 0 Å². The Balaban J connectivity index is 1.62. The summed E-state index contributed by atoms with van der Waals surface area (Å²) in [5, 5.41) is 13.6. The van der Waals surface area contributed by atoms with E-state index in [1.54, 1.807) is 19.1 Å². The number of nitrogens with one attached hydrogen (secondary N) is 1. The maximum absolute atomic E-state index is 14.3. The van der Waals surface area contributed by atoms with Crippen LogP contribution in [0.1, 0.15) is 60.7 Å². The van der Waals surface area contributed by atoms with Gasteiger partial charge < -0.3 is 19.7 Å². The topological polar surface area (TPSA) is 76.4 Å². The largest absolute Gasteiger partial charge is 0.481 e.